The Kier molecular flexibility index (Phi) is 3.01. The molecule has 0 aromatic carbocycles. The molecule has 0 unspecified atom stereocenters. The largest absolute Gasteiger partial charge is 0.478 e. The van der Waals surface area contributed by atoms with Gasteiger partial charge in [-0.1, -0.05) is 0 Å². The zero-order valence-corrected chi connectivity index (χ0v) is 9.85. The summed E-state index contributed by atoms with van der Waals surface area (Å²) in [6.07, 6.45) is 2.78. The van der Waals surface area contributed by atoms with Gasteiger partial charge in [0.1, 0.15) is 5.56 Å². The molecule has 17 heavy (non-hydrogen) atoms. The number of sulfone groups is 1. The maximum atomic E-state index is 11.3. The average Bonchev–Trinajstić information content (AvgIpc) is 2.29. The lowest BCUT2D eigenvalue weighted by Crippen LogP contribution is -2.40. The first-order valence-electron chi connectivity index (χ1n) is 5.12. The minimum Gasteiger partial charge on any atom is -0.478 e. The standard InChI is InChI=1S/C10H12N2O4S/c13-10(14)8-7-11-2-1-9(8)12-3-5-17(15,16)6-4-12/h1-2,7H,3-6H2,(H,13,14). The summed E-state index contributed by atoms with van der Waals surface area (Å²) in [5, 5.41) is 9.01. The molecule has 0 saturated carbocycles. The van der Waals surface area contributed by atoms with Crippen LogP contribution in [0.2, 0.25) is 0 Å². The van der Waals surface area contributed by atoms with Crippen molar-refractivity contribution >= 4 is 21.5 Å². The van der Waals surface area contributed by atoms with Crippen LogP contribution in [0.5, 0.6) is 0 Å². The van der Waals surface area contributed by atoms with Gasteiger partial charge in [-0.25, -0.2) is 13.2 Å². The Labute approximate surface area is 98.8 Å². The monoisotopic (exact) mass is 256 g/mol. The van der Waals surface area contributed by atoms with Gasteiger partial charge < -0.3 is 10.0 Å². The summed E-state index contributed by atoms with van der Waals surface area (Å²) in [5.41, 5.74) is 0.634. The van der Waals surface area contributed by atoms with Gasteiger partial charge in [0, 0.05) is 25.5 Å². The molecule has 6 nitrogen and oxygen atoms in total. The van der Waals surface area contributed by atoms with Crippen LogP contribution in [0.4, 0.5) is 5.69 Å². The van der Waals surface area contributed by atoms with Gasteiger partial charge in [-0.2, -0.15) is 0 Å². The van der Waals surface area contributed by atoms with E-state index in [1.807, 2.05) is 0 Å². The molecule has 1 aromatic rings. The van der Waals surface area contributed by atoms with E-state index in [4.69, 9.17) is 5.11 Å². The van der Waals surface area contributed by atoms with Crippen LogP contribution in [0.25, 0.3) is 0 Å². The summed E-state index contributed by atoms with van der Waals surface area (Å²) in [4.78, 5) is 16.5. The zero-order chi connectivity index (χ0) is 12.5. The summed E-state index contributed by atoms with van der Waals surface area (Å²) < 4.78 is 22.6. The molecule has 0 radical (unpaired) electrons. The topological polar surface area (TPSA) is 87.6 Å². The van der Waals surface area contributed by atoms with Crippen molar-refractivity contribution in [1.29, 1.82) is 0 Å². The maximum absolute atomic E-state index is 11.3. The van der Waals surface area contributed by atoms with Gasteiger partial charge in [-0.15, -0.1) is 0 Å². The highest BCUT2D eigenvalue weighted by Crippen LogP contribution is 2.21. The molecule has 7 heteroatoms. The van der Waals surface area contributed by atoms with Crippen LogP contribution in [-0.2, 0) is 9.84 Å². The number of hydrogen-bond donors (Lipinski definition) is 1. The van der Waals surface area contributed by atoms with Crippen LogP contribution in [0.1, 0.15) is 10.4 Å². The van der Waals surface area contributed by atoms with Crippen molar-refractivity contribution in [3.05, 3.63) is 24.0 Å². The summed E-state index contributed by atoms with van der Waals surface area (Å²) in [5.74, 6) is -0.926. The number of nitrogens with zero attached hydrogens (tertiary/aromatic N) is 2. The van der Waals surface area contributed by atoms with E-state index in [1.165, 1.54) is 12.4 Å². The molecule has 1 saturated heterocycles. The van der Waals surface area contributed by atoms with Gasteiger partial charge >= 0.3 is 5.97 Å². The van der Waals surface area contributed by atoms with E-state index in [0.29, 0.717) is 18.8 Å². The lowest BCUT2D eigenvalue weighted by molar-refractivity contribution is 0.0697. The van der Waals surface area contributed by atoms with E-state index in [1.54, 1.807) is 11.0 Å². The van der Waals surface area contributed by atoms with E-state index in [0.717, 1.165) is 0 Å². The van der Waals surface area contributed by atoms with Crippen molar-refractivity contribution in [2.24, 2.45) is 0 Å². The first kappa shape index (κ1) is 11.8. The van der Waals surface area contributed by atoms with Gasteiger partial charge in [0.25, 0.3) is 0 Å². The molecule has 0 atom stereocenters. The highest BCUT2D eigenvalue weighted by molar-refractivity contribution is 7.91. The Morgan fingerprint density at radius 2 is 2.00 bits per heavy atom. The quantitative estimate of drug-likeness (QED) is 0.802. The van der Waals surface area contributed by atoms with Crippen molar-refractivity contribution in [2.75, 3.05) is 29.5 Å². The van der Waals surface area contributed by atoms with E-state index < -0.39 is 15.8 Å². The van der Waals surface area contributed by atoms with Crippen LogP contribution in [0.15, 0.2) is 18.5 Å². The van der Waals surface area contributed by atoms with Crippen molar-refractivity contribution in [3.8, 4) is 0 Å². The number of carboxylic acids is 1. The third-order valence-corrected chi connectivity index (χ3v) is 4.32. The minimum atomic E-state index is -2.96. The molecular weight excluding hydrogens is 244 g/mol. The van der Waals surface area contributed by atoms with Crippen LogP contribution in [0, 0.1) is 0 Å². The van der Waals surface area contributed by atoms with Crippen molar-refractivity contribution in [2.45, 2.75) is 0 Å². The second-order valence-corrected chi connectivity index (χ2v) is 6.14. The van der Waals surface area contributed by atoms with Crippen LogP contribution >= 0.6 is 0 Å². The van der Waals surface area contributed by atoms with Gasteiger partial charge in [-0.05, 0) is 6.07 Å². The highest BCUT2D eigenvalue weighted by Gasteiger charge is 2.24. The lowest BCUT2D eigenvalue weighted by Gasteiger charge is -2.29. The number of carboxylic acid groups (broad SMARTS) is 1. The molecule has 1 fully saturated rings. The molecule has 0 amide bonds. The first-order chi connectivity index (χ1) is 7.99. The number of aromatic carboxylic acids is 1. The van der Waals surface area contributed by atoms with Crippen LogP contribution in [-0.4, -0.2) is 49.1 Å². The first-order valence-corrected chi connectivity index (χ1v) is 6.94. The van der Waals surface area contributed by atoms with Crippen molar-refractivity contribution < 1.29 is 18.3 Å². The fraction of sp³-hybridized carbons (Fsp3) is 0.400. The third kappa shape index (κ3) is 2.55. The molecule has 1 aliphatic rings. The highest BCUT2D eigenvalue weighted by atomic mass is 32.2. The Bertz CT molecular complexity index is 527. The summed E-state index contributed by atoms with van der Waals surface area (Å²) in [6.45, 7) is 0.652. The second-order valence-electron chi connectivity index (χ2n) is 3.84. The van der Waals surface area contributed by atoms with Crippen LogP contribution < -0.4 is 4.90 Å². The molecule has 2 heterocycles. The fourth-order valence-electron chi connectivity index (χ4n) is 1.78. The third-order valence-electron chi connectivity index (χ3n) is 2.71. The number of rotatable bonds is 2. The zero-order valence-electron chi connectivity index (χ0n) is 9.04. The molecule has 0 spiro atoms. The van der Waals surface area contributed by atoms with Crippen LogP contribution in [0.3, 0.4) is 0 Å². The van der Waals surface area contributed by atoms with E-state index in [9.17, 15) is 13.2 Å². The Morgan fingerprint density at radius 1 is 1.35 bits per heavy atom. The number of aromatic nitrogens is 1. The van der Waals surface area contributed by atoms with Gasteiger partial charge in [-0.3, -0.25) is 4.98 Å². The number of anilines is 1. The minimum absolute atomic E-state index is 0.0639. The van der Waals surface area contributed by atoms with E-state index in [-0.39, 0.29) is 17.1 Å². The lowest BCUT2D eigenvalue weighted by atomic mass is 10.2. The number of pyridine rings is 1. The van der Waals surface area contributed by atoms with E-state index in [2.05, 4.69) is 4.98 Å². The smallest absolute Gasteiger partial charge is 0.339 e. The molecule has 0 bridgehead atoms. The number of carbonyl (C=O) groups is 1. The van der Waals surface area contributed by atoms with Gasteiger partial charge in [0.15, 0.2) is 9.84 Å². The summed E-state index contributed by atoms with van der Waals surface area (Å²) in [6, 6.07) is 1.60. The Hall–Kier alpha value is -1.63. The molecule has 1 N–H and O–H groups in total. The predicted molar refractivity (Wildman–Crippen MR) is 62.1 cm³/mol. The summed E-state index contributed by atoms with van der Waals surface area (Å²) >= 11 is 0. The summed E-state index contributed by atoms with van der Waals surface area (Å²) in [7, 11) is -2.96. The normalized spacial score (nSPS) is 18.9. The molecule has 1 aromatic heterocycles. The molecule has 0 aliphatic carbocycles. The van der Waals surface area contributed by atoms with Crippen molar-refractivity contribution in [3.63, 3.8) is 0 Å². The Morgan fingerprint density at radius 3 is 2.59 bits per heavy atom. The molecule has 92 valence electrons. The fourth-order valence-corrected chi connectivity index (χ4v) is 2.98. The SMILES string of the molecule is O=C(O)c1cnccc1N1CCS(=O)(=O)CC1. The average molecular weight is 256 g/mol. The predicted octanol–water partition coefficient (Wildman–Crippen LogP) is 0.0146. The molecule has 1 aliphatic heterocycles. The molecular formula is C10H12N2O4S. The second kappa shape index (κ2) is 4.33. The van der Waals surface area contributed by atoms with Gasteiger partial charge in [0.05, 0.1) is 17.2 Å². The van der Waals surface area contributed by atoms with Gasteiger partial charge in [0.2, 0.25) is 0 Å². The van der Waals surface area contributed by atoms with E-state index >= 15 is 0 Å². The Balaban J connectivity index is 2.27. The van der Waals surface area contributed by atoms with Crippen molar-refractivity contribution in [1.82, 2.24) is 4.98 Å². The number of hydrogen-bond acceptors (Lipinski definition) is 5. The maximum Gasteiger partial charge on any atom is 0.339 e. The molecule has 2 rings (SSSR count).